The van der Waals surface area contributed by atoms with Crippen molar-refractivity contribution in [2.24, 2.45) is 0 Å². The van der Waals surface area contributed by atoms with Gasteiger partial charge < -0.3 is 5.11 Å². The van der Waals surface area contributed by atoms with Gasteiger partial charge in [-0.15, -0.1) is 11.3 Å². The molecule has 0 unspecified atom stereocenters. The number of carboxylic acids is 1. The van der Waals surface area contributed by atoms with Gasteiger partial charge in [0.05, 0.1) is 5.69 Å². The molecule has 1 aromatic heterocycles. The van der Waals surface area contributed by atoms with E-state index in [-0.39, 0.29) is 16.1 Å². The van der Waals surface area contributed by atoms with E-state index in [0.29, 0.717) is 0 Å². The van der Waals surface area contributed by atoms with Crippen LogP contribution in [0.3, 0.4) is 0 Å². The van der Waals surface area contributed by atoms with Gasteiger partial charge in [0.15, 0.2) is 0 Å². The topological polar surface area (TPSA) is 83.5 Å². The van der Waals surface area contributed by atoms with Gasteiger partial charge in [0.1, 0.15) is 4.88 Å². The summed E-state index contributed by atoms with van der Waals surface area (Å²) in [6.07, 6.45) is 0. The molecule has 90 valence electrons. The van der Waals surface area contributed by atoms with Crippen LogP contribution in [0.2, 0.25) is 0 Å². The normalized spacial score (nSPS) is 11.8. The molecule has 16 heavy (non-hydrogen) atoms. The average molecular weight is 271 g/mol. The summed E-state index contributed by atoms with van der Waals surface area (Å²) in [4.78, 5) is 10.4. The van der Waals surface area contributed by atoms with E-state index in [1.165, 1.54) is 12.3 Å². The number of carbonyl (C=O) groups is 1. The molecule has 0 saturated carbocycles. The zero-order chi connectivity index (χ0) is 12.5. The SMILES string of the molecule is Cc1csc(C(=O)O)c1NS(=O)(=O)C(F)F. The number of thiophene rings is 1. The number of alkyl halides is 2. The quantitative estimate of drug-likeness (QED) is 0.873. The number of anilines is 1. The molecule has 0 spiro atoms. The van der Waals surface area contributed by atoms with E-state index in [4.69, 9.17) is 5.11 Å². The largest absolute Gasteiger partial charge is 0.477 e. The van der Waals surface area contributed by atoms with Crippen LogP contribution in [0.5, 0.6) is 0 Å². The molecule has 0 aliphatic carbocycles. The fourth-order valence-electron chi connectivity index (χ4n) is 0.915. The highest BCUT2D eigenvalue weighted by molar-refractivity contribution is 7.93. The van der Waals surface area contributed by atoms with Gasteiger partial charge in [-0.2, -0.15) is 8.78 Å². The van der Waals surface area contributed by atoms with Gasteiger partial charge in [0, 0.05) is 0 Å². The van der Waals surface area contributed by atoms with Crippen molar-refractivity contribution in [3.63, 3.8) is 0 Å². The number of carboxylic acid groups (broad SMARTS) is 1. The minimum atomic E-state index is -4.84. The van der Waals surface area contributed by atoms with Crippen LogP contribution >= 0.6 is 11.3 Å². The van der Waals surface area contributed by atoms with Crippen molar-refractivity contribution in [3.8, 4) is 0 Å². The molecular formula is C7H7F2NO4S2. The first-order chi connectivity index (χ1) is 7.25. The van der Waals surface area contributed by atoms with Crippen molar-refractivity contribution in [1.29, 1.82) is 0 Å². The minimum Gasteiger partial charge on any atom is -0.477 e. The molecule has 0 bridgehead atoms. The van der Waals surface area contributed by atoms with Crippen LogP contribution in [-0.2, 0) is 10.0 Å². The van der Waals surface area contributed by atoms with Gasteiger partial charge in [0.2, 0.25) is 0 Å². The third kappa shape index (κ3) is 2.47. The molecule has 1 heterocycles. The zero-order valence-electron chi connectivity index (χ0n) is 7.90. The number of sulfonamides is 1. The molecule has 2 N–H and O–H groups in total. The fourth-order valence-corrected chi connectivity index (χ4v) is 2.46. The van der Waals surface area contributed by atoms with E-state index in [9.17, 15) is 22.0 Å². The number of aromatic carboxylic acids is 1. The highest BCUT2D eigenvalue weighted by atomic mass is 32.2. The van der Waals surface area contributed by atoms with E-state index >= 15 is 0 Å². The van der Waals surface area contributed by atoms with E-state index in [0.717, 1.165) is 11.3 Å². The van der Waals surface area contributed by atoms with Crippen LogP contribution in [0.1, 0.15) is 15.2 Å². The van der Waals surface area contributed by atoms with E-state index < -0.39 is 21.8 Å². The molecule has 0 amide bonds. The number of hydrogen-bond acceptors (Lipinski definition) is 4. The van der Waals surface area contributed by atoms with E-state index in [1.807, 2.05) is 0 Å². The van der Waals surface area contributed by atoms with Crippen molar-refractivity contribution in [2.75, 3.05) is 4.72 Å². The summed E-state index contributed by atoms with van der Waals surface area (Å²) >= 11 is 0.765. The lowest BCUT2D eigenvalue weighted by molar-refractivity contribution is 0.0703. The second kappa shape index (κ2) is 4.34. The van der Waals surface area contributed by atoms with E-state index in [1.54, 1.807) is 4.72 Å². The Morgan fingerprint density at radius 1 is 1.56 bits per heavy atom. The molecule has 0 aliphatic heterocycles. The third-order valence-corrected chi connectivity index (χ3v) is 3.69. The predicted octanol–water partition coefficient (Wildman–Crippen LogP) is 1.72. The summed E-state index contributed by atoms with van der Waals surface area (Å²) in [5.74, 6) is -4.97. The first-order valence-electron chi connectivity index (χ1n) is 3.87. The van der Waals surface area contributed by atoms with Gasteiger partial charge in [-0.3, -0.25) is 4.72 Å². The summed E-state index contributed by atoms with van der Waals surface area (Å²) < 4.78 is 47.5. The first-order valence-corrected chi connectivity index (χ1v) is 6.29. The summed E-state index contributed by atoms with van der Waals surface area (Å²) in [6.45, 7) is 1.42. The molecular weight excluding hydrogens is 264 g/mol. The second-order valence-electron chi connectivity index (χ2n) is 2.84. The second-order valence-corrected chi connectivity index (χ2v) is 5.37. The molecule has 0 radical (unpaired) electrons. The van der Waals surface area contributed by atoms with Crippen molar-refractivity contribution in [1.82, 2.24) is 0 Å². The maximum atomic E-state index is 12.1. The Balaban J connectivity index is 3.16. The lowest BCUT2D eigenvalue weighted by Crippen LogP contribution is -2.21. The van der Waals surface area contributed by atoms with Crippen molar-refractivity contribution in [3.05, 3.63) is 15.8 Å². The molecule has 0 aromatic carbocycles. The van der Waals surface area contributed by atoms with Crippen molar-refractivity contribution < 1.29 is 27.1 Å². The van der Waals surface area contributed by atoms with Gasteiger partial charge in [-0.05, 0) is 17.9 Å². The number of nitrogens with one attached hydrogen (secondary N) is 1. The lowest BCUT2D eigenvalue weighted by Gasteiger charge is -2.07. The molecule has 0 aliphatic rings. The van der Waals surface area contributed by atoms with Gasteiger partial charge in [-0.25, -0.2) is 13.2 Å². The maximum Gasteiger partial charge on any atom is 0.355 e. The number of aryl methyl sites for hydroxylation is 1. The zero-order valence-corrected chi connectivity index (χ0v) is 9.53. The van der Waals surface area contributed by atoms with Crippen LogP contribution in [-0.4, -0.2) is 25.3 Å². The van der Waals surface area contributed by atoms with Crippen LogP contribution in [0, 0.1) is 6.92 Å². The van der Waals surface area contributed by atoms with Gasteiger partial charge in [-0.1, -0.05) is 0 Å². The van der Waals surface area contributed by atoms with Gasteiger partial charge in [0.25, 0.3) is 10.0 Å². The smallest absolute Gasteiger partial charge is 0.355 e. The Kier molecular flexibility index (Phi) is 3.48. The highest BCUT2D eigenvalue weighted by Gasteiger charge is 2.27. The van der Waals surface area contributed by atoms with Crippen LogP contribution in [0.25, 0.3) is 0 Å². The average Bonchev–Trinajstić information content (AvgIpc) is 2.47. The third-order valence-electron chi connectivity index (χ3n) is 1.65. The lowest BCUT2D eigenvalue weighted by atomic mass is 10.3. The monoisotopic (exact) mass is 271 g/mol. The van der Waals surface area contributed by atoms with Gasteiger partial charge >= 0.3 is 11.7 Å². The predicted molar refractivity (Wildman–Crippen MR) is 54.6 cm³/mol. The molecule has 1 aromatic rings. The Bertz CT molecular complexity index is 508. The fraction of sp³-hybridized carbons (Fsp3) is 0.286. The first kappa shape index (κ1) is 12.8. The van der Waals surface area contributed by atoms with Crippen molar-refractivity contribution in [2.45, 2.75) is 12.7 Å². The highest BCUT2D eigenvalue weighted by Crippen LogP contribution is 2.29. The van der Waals surface area contributed by atoms with Crippen LogP contribution < -0.4 is 4.72 Å². The molecule has 1 rings (SSSR count). The molecule has 9 heteroatoms. The Labute approximate surface area is 93.8 Å². The summed E-state index contributed by atoms with van der Waals surface area (Å²) in [5.41, 5.74) is -0.0237. The van der Waals surface area contributed by atoms with Crippen LogP contribution in [0.15, 0.2) is 5.38 Å². The Morgan fingerprint density at radius 3 is 2.56 bits per heavy atom. The summed E-state index contributed by atoms with van der Waals surface area (Å²) in [7, 11) is -4.84. The summed E-state index contributed by atoms with van der Waals surface area (Å²) in [5, 5.41) is 10.1. The molecule has 5 nitrogen and oxygen atoms in total. The Hall–Kier alpha value is -1.22. The van der Waals surface area contributed by atoms with Crippen LogP contribution in [0.4, 0.5) is 14.5 Å². The minimum absolute atomic E-state index is 0.284. The van der Waals surface area contributed by atoms with E-state index in [2.05, 4.69) is 0 Å². The van der Waals surface area contributed by atoms with Crippen molar-refractivity contribution >= 4 is 33.0 Å². The standard InChI is InChI=1S/C7H7F2NO4S2/c1-3-2-15-5(6(11)12)4(3)10-16(13,14)7(8)9/h2,7,10H,1H3,(H,11,12). The number of hydrogen-bond donors (Lipinski definition) is 2. The molecule has 0 atom stereocenters. The summed E-state index contributed by atoms with van der Waals surface area (Å²) in [6, 6.07) is 0. The number of rotatable bonds is 4. The molecule has 0 fully saturated rings. The maximum absolute atomic E-state index is 12.1. The Morgan fingerprint density at radius 2 is 2.12 bits per heavy atom. The molecule has 0 saturated heterocycles. The number of halogens is 2.